The normalized spacial score (nSPS) is 21.7. The third-order valence-electron chi connectivity index (χ3n) is 3.90. The minimum absolute atomic E-state index is 0.109. The van der Waals surface area contributed by atoms with Crippen LogP contribution < -0.4 is 10.5 Å². The van der Waals surface area contributed by atoms with E-state index in [0.29, 0.717) is 5.92 Å². The molecule has 88 valence electrons. The molecule has 0 saturated heterocycles. The van der Waals surface area contributed by atoms with Gasteiger partial charge in [0, 0.05) is 17.2 Å². The Morgan fingerprint density at radius 2 is 1.94 bits per heavy atom. The van der Waals surface area contributed by atoms with E-state index in [4.69, 9.17) is 10.5 Å². The van der Waals surface area contributed by atoms with E-state index >= 15 is 0 Å². The van der Waals surface area contributed by atoms with Gasteiger partial charge in [0.05, 0.1) is 0 Å². The van der Waals surface area contributed by atoms with Crippen LogP contribution in [0.25, 0.3) is 0 Å². The number of fused-ring (bicyclic) bond motifs is 1. The molecule has 1 aliphatic heterocycles. The minimum Gasteiger partial charge on any atom is -0.487 e. The van der Waals surface area contributed by atoms with E-state index in [1.807, 2.05) is 0 Å². The quantitative estimate of drug-likeness (QED) is 0.733. The van der Waals surface area contributed by atoms with Crippen LogP contribution in [0, 0.1) is 13.8 Å². The molecule has 2 N–H and O–H groups in total. The molecule has 0 bridgehead atoms. The Labute approximate surface area is 97.8 Å². The third kappa shape index (κ3) is 1.40. The Morgan fingerprint density at radius 1 is 1.31 bits per heavy atom. The first-order chi connectivity index (χ1) is 7.38. The van der Waals surface area contributed by atoms with Crippen molar-refractivity contribution in [3.63, 3.8) is 0 Å². The monoisotopic (exact) mass is 219 g/mol. The molecule has 2 nitrogen and oxygen atoms in total. The Balaban J connectivity index is 2.64. The van der Waals surface area contributed by atoms with Gasteiger partial charge < -0.3 is 10.5 Å². The van der Waals surface area contributed by atoms with Gasteiger partial charge >= 0.3 is 0 Å². The molecule has 0 aromatic heterocycles. The van der Waals surface area contributed by atoms with E-state index in [1.54, 1.807) is 0 Å². The van der Waals surface area contributed by atoms with E-state index < -0.39 is 0 Å². The van der Waals surface area contributed by atoms with Gasteiger partial charge in [0.15, 0.2) is 0 Å². The summed E-state index contributed by atoms with van der Waals surface area (Å²) >= 11 is 0. The highest BCUT2D eigenvalue weighted by molar-refractivity contribution is 5.62. The number of benzene rings is 1. The average molecular weight is 219 g/mol. The molecular formula is C14H21NO. The van der Waals surface area contributed by atoms with Crippen molar-refractivity contribution < 1.29 is 4.74 Å². The highest BCUT2D eigenvalue weighted by Crippen LogP contribution is 2.49. The van der Waals surface area contributed by atoms with Crippen molar-refractivity contribution in [1.29, 1.82) is 0 Å². The van der Waals surface area contributed by atoms with Crippen LogP contribution in [0.15, 0.2) is 6.07 Å². The zero-order chi connectivity index (χ0) is 12.1. The van der Waals surface area contributed by atoms with Gasteiger partial charge in [-0.25, -0.2) is 0 Å². The SMILES string of the molecule is CCC1c2cc(N)c(C)c(C)c2OC1(C)C. The summed E-state index contributed by atoms with van der Waals surface area (Å²) in [6.45, 7) is 10.7. The number of nitrogen functional groups attached to an aromatic ring is 1. The summed E-state index contributed by atoms with van der Waals surface area (Å²) < 4.78 is 6.11. The minimum atomic E-state index is -0.109. The fourth-order valence-electron chi connectivity index (χ4n) is 2.76. The van der Waals surface area contributed by atoms with Crippen molar-refractivity contribution in [3.8, 4) is 5.75 Å². The summed E-state index contributed by atoms with van der Waals surface area (Å²) in [6, 6.07) is 2.10. The lowest BCUT2D eigenvalue weighted by molar-refractivity contribution is 0.107. The van der Waals surface area contributed by atoms with E-state index in [0.717, 1.165) is 23.4 Å². The molecule has 2 rings (SSSR count). The van der Waals surface area contributed by atoms with Crippen LogP contribution in [0.1, 0.15) is 49.8 Å². The maximum Gasteiger partial charge on any atom is 0.127 e. The summed E-state index contributed by atoms with van der Waals surface area (Å²) in [5.74, 6) is 1.51. The van der Waals surface area contributed by atoms with Crippen molar-refractivity contribution in [2.45, 2.75) is 52.6 Å². The van der Waals surface area contributed by atoms with Gasteiger partial charge in [-0.3, -0.25) is 0 Å². The zero-order valence-electron chi connectivity index (χ0n) is 10.8. The predicted molar refractivity (Wildman–Crippen MR) is 68.1 cm³/mol. The average Bonchev–Trinajstić information content (AvgIpc) is 2.46. The second-order valence-corrected chi connectivity index (χ2v) is 5.30. The number of rotatable bonds is 1. The Hall–Kier alpha value is -1.18. The molecule has 0 amide bonds. The van der Waals surface area contributed by atoms with Crippen molar-refractivity contribution >= 4 is 5.69 Å². The first-order valence-electron chi connectivity index (χ1n) is 5.97. The number of nitrogens with two attached hydrogens (primary N) is 1. The molecule has 0 radical (unpaired) electrons. The van der Waals surface area contributed by atoms with Gasteiger partial charge in [-0.15, -0.1) is 0 Å². The molecular weight excluding hydrogens is 198 g/mol. The Bertz CT molecular complexity index is 435. The number of anilines is 1. The van der Waals surface area contributed by atoms with Crippen LogP contribution in [0.2, 0.25) is 0 Å². The van der Waals surface area contributed by atoms with E-state index in [2.05, 4.69) is 40.7 Å². The fraction of sp³-hybridized carbons (Fsp3) is 0.571. The second-order valence-electron chi connectivity index (χ2n) is 5.30. The molecule has 0 spiro atoms. The number of hydrogen-bond donors (Lipinski definition) is 1. The van der Waals surface area contributed by atoms with Gasteiger partial charge in [0.1, 0.15) is 11.4 Å². The summed E-state index contributed by atoms with van der Waals surface area (Å²) in [7, 11) is 0. The van der Waals surface area contributed by atoms with E-state index in [-0.39, 0.29) is 5.60 Å². The molecule has 0 aliphatic carbocycles. The summed E-state index contributed by atoms with van der Waals surface area (Å²) in [5, 5.41) is 0. The lowest BCUT2D eigenvalue weighted by Gasteiger charge is -2.25. The second kappa shape index (κ2) is 3.41. The lowest BCUT2D eigenvalue weighted by atomic mass is 9.84. The van der Waals surface area contributed by atoms with Gasteiger partial charge in [-0.1, -0.05) is 6.92 Å². The highest BCUT2D eigenvalue weighted by atomic mass is 16.5. The van der Waals surface area contributed by atoms with E-state index in [9.17, 15) is 0 Å². The number of hydrogen-bond acceptors (Lipinski definition) is 2. The molecule has 1 heterocycles. The summed E-state index contributed by atoms with van der Waals surface area (Å²) in [5.41, 5.74) is 10.4. The van der Waals surface area contributed by atoms with Crippen LogP contribution in [-0.2, 0) is 0 Å². The molecule has 2 heteroatoms. The van der Waals surface area contributed by atoms with Crippen molar-refractivity contribution in [3.05, 3.63) is 22.8 Å². The molecule has 0 fully saturated rings. The Kier molecular flexibility index (Phi) is 2.41. The summed E-state index contributed by atoms with van der Waals surface area (Å²) in [4.78, 5) is 0. The molecule has 1 aromatic rings. The van der Waals surface area contributed by atoms with Gasteiger partial charge in [-0.05, 0) is 51.3 Å². The first kappa shape index (κ1) is 11.3. The summed E-state index contributed by atoms with van der Waals surface area (Å²) in [6.07, 6.45) is 1.09. The van der Waals surface area contributed by atoms with Gasteiger partial charge in [0.25, 0.3) is 0 Å². The molecule has 16 heavy (non-hydrogen) atoms. The van der Waals surface area contributed by atoms with Crippen LogP contribution in [0.5, 0.6) is 5.75 Å². The highest BCUT2D eigenvalue weighted by Gasteiger charge is 2.41. The topological polar surface area (TPSA) is 35.2 Å². The molecule has 1 atom stereocenters. The standard InChI is InChI=1S/C14H21NO/c1-6-11-10-7-12(15)8(2)9(3)13(10)16-14(11,4)5/h7,11H,6,15H2,1-5H3. The molecule has 1 aliphatic rings. The maximum absolute atomic E-state index is 6.11. The maximum atomic E-state index is 6.11. The number of ether oxygens (including phenoxy) is 1. The van der Waals surface area contributed by atoms with E-state index in [1.165, 1.54) is 11.1 Å². The predicted octanol–water partition coefficient (Wildman–Crippen LogP) is 3.55. The molecule has 1 aromatic carbocycles. The first-order valence-corrected chi connectivity index (χ1v) is 5.97. The van der Waals surface area contributed by atoms with Crippen molar-refractivity contribution in [2.24, 2.45) is 0 Å². The Morgan fingerprint density at radius 3 is 2.50 bits per heavy atom. The van der Waals surface area contributed by atoms with Gasteiger partial charge in [0.2, 0.25) is 0 Å². The molecule has 0 saturated carbocycles. The van der Waals surface area contributed by atoms with Crippen LogP contribution in [-0.4, -0.2) is 5.60 Å². The third-order valence-corrected chi connectivity index (χ3v) is 3.90. The smallest absolute Gasteiger partial charge is 0.127 e. The largest absolute Gasteiger partial charge is 0.487 e. The molecule has 1 unspecified atom stereocenters. The van der Waals surface area contributed by atoms with Crippen LogP contribution >= 0.6 is 0 Å². The van der Waals surface area contributed by atoms with Crippen LogP contribution in [0.4, 0.5) is 5.69 Å². The van der Waals surface area contributed by atoms with Crippen LogP contribution in [0.3, 0.4) is 0 Å². The zero-order valence-corrected chi connectivity index (χ0v) is 10.8. The lowest BCUT2D eigenvalue weighted by Crippen LogP contribution is -2.29. The van der Waals surface area contributed by atoms with Crippen molar-refractivity contribution in [2.75, 3.05) is 5.73 Å². The van der Waals surface area contributed by atoms with Gasteiger partial charge in [-0.2, -0.15) is 0 Å². The van der Waals surface area contributed by atoms with Crippen molar-refractivity contribution in [1.82, 2.24) is 0 Å². The fourth-order valence-corrected chi connectivity index (χ4v) is 2.76.